The fourth-order valence-electron chi connectivity index (χ4n) is 1.04. The van der Waals surface area contributed by atoms with Gasteiger partial charge in [0.2, 0.25) is 0 Å². The van der Waals surface area contributed by atoms with Gasteiger partial charge in [-0.1, -0.05) is 13.8 Å². The Morgan fingerprint density at radius 2 is 2.00 bits per heavy atom. The van der Waals surface area contributed by atoms with Crippen LogP contribution in [0.2, 0.25) is 0 Å². The molecule has 1 amide bonds. The zero-order valence-electron chi connectivity index (χ0n) is 8.69. The van der Waals surface area contributed by atoms with Gasteiger partial charge in [0, 0.05) is 12.6 Å². The van der Waals surface area contributed by atoms with Gasteiger partial charge in [-0.25, -0.2) is 4.79 Å². The number of aliphatic hydroxyl groups is 2. The molecule has 5 heteroatoms. The second kappa shape index (κ2) is 7.58. The highest BCUT2D eigenvalue weighted by Crippen LogP contribution is 2.05. The van der Waals surface area contributed by atoms with Crippen molar-refractivity contribution in [3.8, 4) is 0 Å². The van der Waals surface area contributed by atoms with Gasteiger partial charge in [0.15, 0.2) is 0 Å². The number of rotatable bonds is 6. The first-order chi connectivity index (χ1) is 6.61. The Morgan fingerprint density at radius 1 is 1.36 bits per heavy atom. The normalized spacial score (nSPS) is 12.6. The summed E-state index contributed by atoms with van der Waals surface area (Å²) in [6, 6.07) is -0.0915. The van der Waals surface area contributed by atoms with Gasteiger partial charge in [0.1, 0.15) is 6.61 Å². The van der Waals surface area contributed by atoms with E-state index in [2.05, 4.69) is 10.1 Å². The molecule has 0 saturated carbocycles. The summed E-state index contributed by atoms with van der Waals surface area (Å²) in [7, 11) is 0. The van der Waals surface area contributed by atoms with Gasteiger partial charge in [-0.3, -0.25) is 0 Å². The summed E-state index contributed by atoms with van der Waals surface area (Å²) in [6.45, 7) is 3.75. The Morgan fingerprint density at radius 3 is 2.43 bits per heavy atom. The molecule has 0 bridgehead atoms. The predicted molar refractivity (Wildman–Crippen MR) is 51.9 cm³/mol. The Balaban J connectivity index is 3.83. The summed E-state index contributed by atoms with van der Waals surface area (Å²) in [4.78, 5) is 11.1. The van der Waals surface area contributed by atoms with Gasteiger partial charge in [0.05, 0.1) is 6.61 Å². The minimum Gasteiger partial charge on any atom is -0.447 e. The van der Waals surface area contributed by atoms with Gasteiger partial charge < -0.3 is 20.3 Å². The van der Waals surface area contributed by atoms with E-state index in [0.29, 0.717) is 6.42 Å². The molecule has 1 unspecified atom stereocenters. The maximum Gasteiger partial charge on any atom is 0.407 e. The van der Waals surface area contributed by atoms with Gasteiger partial charge in [-0.05, 0) is 12.3 Å². The van der Waals surface area contributed by atoms with Crippen molar-refractivity contribution in [2.75, 3.05) is 19.8 Å². The van der Waals surface area contributed by atoms with Crippen molar-refractivity contribution in [3.63, 3.8) is 0 Å². The Kier molecular flexibility index (Phi) is 7.14. The first-order valence-electron chi connectivity index (χ1n) is 4.76. The van der Waals surface area contributed by atoms with Crippen LogP contribution in [0.25, 0.3) is 0 Å². The third-order valence-corrected chi connectivity index (χ3v) is 1.87. The topological polar surface area (TPSA) is 78.8 Å². The summed E-state index contributed by atoms with van der Waals surface area (Å²) in [6.07, 6.45) is -0.0440. The number of ether oxygens (including phenoxy) is 1. The third kappa shape index (κ3) is 5.77. The molecule has 0 aliphatic carbocycles. The highest BCUT2D eigenvalue weighted by molar-refractivity contribution is 5.67. The van der Waals surface area contributed by atoms with Crippen LogP contribution in [0, 0.1) is 5.92 Å². The molecule has 84 valence electrons. The third-order valence-electron chi connectivity index (χ3n) is 1.87. The van der Waals surface area contributed by atoms with Crippen molar-refractivity contribution < 1.29 is 19.7 Å². The summed E-state index contributed by atoms with van der Waals surface area (Å²) in [5.41, 5.74) is 0. The lowest BCUT2D eigenvalue weighted by Crippen LogP contribution is -2.39. The molecular formula is C9H19NO4. The molecule has 0 aromatic rings. The van der Waals surface area contributed by atoms with Crippen molar-refractivity contribution in [2.45, 2.75) is 26.3 Å². The van der Waals surface area contributed by atoms with Crippen LogP contribution in [0.3, 0.4) is 0 Å². The quantitative estimate of drug-likeness (QED) is 0.575. The zero-order chi connectivity index (χ0) is 11.0. The molecule has 0 heterocycles. The molecule has 0 fully saturated rings. The number of carbonyl (C=O) groups is 1. The molecule has 0 aromatic carbocycles. The monoisotopic (exact) mass is 205 g/mol. The molecule has 0 aliphatic heterocycles. The van der Waals surface area contributed by atoms with E-state index in [1.54, 1.807) is 0 Å². The van der Waals surface area contributed by atoms with Gasteiger partial charge >= 0.3 is 6.09 Å². The lowest BCUT2D eigenvalue weighted by Gasteiger charge is -2.20. The second-order valence-corrected chi connectivity index (χ2v) is 3.37. The average molecular weight is 205 g/mol. The second-order valence-electron chi connectivity index (χ2n) is 3.37. The van der Waals surface area contributed by atoms with Gasteiger partial charge in [-0.2, -0.15) is 0 Å². The minimum absolute atomic E-state index is 0.00419. The summed E-state index contributed by atoms with van der Waals surface area (Å²) in [5, 5.41) is 19.8. The van der Waals surface area contributed by atoms with Crippen molar-refractivity contribution in [3.05, 3.63) is 0 Å². The molecular weight excluding hydrogens is 186 g/mol. The Labute approximate surface area is 84.1 Å². The predicted octanol–water partition coefficient (Wildman–Crippen LogP) is 0.112. The number of nitrogens with one attached hydrogen (secondary N) is 1. The van der Waals surface area contributed by atoms with Crippen LogP contribution >= 0.6 is 0 Å². The minimum atomic E-state index is -0.550. The van der Waals surface area contributed by atoms with Crippen LogP contribution in [0.4, 0.5) is 4.79 Å². The van der Waals surface area contributed by atoms with E-state index in [4.69, 9.17) is 10.2 Å². The van der Waals surface area contributed by atoms with Crippen molar-refractivity contribution in [1.29, 1.82) is 0 Å². The molecule has 0 aromatic heterocycles. The lowest BCUT2D eigenvalue weighted by molar-refractivity contribution is 0.112. The van der Waals surface area contributed by atoms with E-state index in [9.17, 15) is 4.79 Å². The number of hydrogen-bond donors (Lipinski definition) is 3. The molecule has 0 radical (unpaired) electrons. The van der Waals surface area contributed by atoms with Crippen LogP contribution < -0.4 is 5.32 Å². The highest BCUT2D eigenvalue weighted by atomic mass is 16.6. The summed E-state index contributed by atoms with van der Waals surface area (Å²) in [5.74, 6) is 0.240. The first kappa shape index (κ1) is 13.2. The fraction of sp³-hybridized carbons (Fsp3) is 0.889. The number of hydrogen-bond acceptors (Lipinski definition) is 4. The molecule has 0 spiro atoms. The van der Waals surface area contributed by atoms with Crippen molar-refractivity contribution in [1.82, 2.24) is 5.32 Å². The van der Waals surface area contributed by atoms with E-state index in [-0.39, 0.29) is 31.8 Å². The average Bonchev–Trinajstić information content (AvgIpc) is 2.14. The maximum atomic E-state index is 11.1. The number of alkyl carbamates (subject to hydrolysis) is 1. The summed E-state index contributed by atoms with van der Waals surface area (Å²) >= 11 is 0. The number of carbonyl (C=O) groups excluding carboxylic acids is 1. The largest absolute Gasteiger partial charge is 0.447 e. The Hall–Kier alpha value is -0.810. The molecule has 0 aliphatic rings. The molecule has 5 nitrogen and oxygen atoms in total. The molecule has 14 heavy (non-hydrogen) atoms. The first-order valence-corrected chi connectivity index (χ1v) is 4.76. The molecule has 3 N–H and O–H groups in total. The van der Waals surface area contributed by atoms with Gasteiger partial charge in [0.25, 0.3) is 0 Å². The number of aliphatic hydroxyl groups excluding tert-OH is 2. The van der Waals surface area contributed by atoms with E-state index in [1.807, 2.05) is 13.8 Å². The van der Waals surface area contributed by atoms with E-state index in [1.165, 1.54) is 0 Å². The van der Waals surface area contributed by atoms with Crippen LogP contribution in [-0.4, -0.2) is 42.2 Å². The maximum absolute atomic E-state index is 11.1. The van der Waals surface area contributed by atoms with Crippen LogP contribution in [0.1, 0.15) is 20.3 Å². The SMILES string of the molecule is CC(C)C(CCO)NC(=O)OCCO. The smallest absolute Gasteiger partial charge is 0.407 e. The standard InChI is InChI=1S/C9H19NO4/c1-7(2)8(3-4-11)10-9(13)14-6-5-12/h7-8,11-12H,3-6H2,1-2H3,(H,10,13). The molecule has 0 rings (SSSR count). The van der Waals surface area contributed by atoms with E-state index < -0.39 is 6.09 Å². The number of amides is 1. The molecule has 0 saturated heterocycles. The van der Waals surface area contributed by atoms with E-state index in [0.717, 1.165) is 0 Å². The van der Waals surface area contributed by atoms with Crippen LogP contribution in [0.15, 0.2) is 0 Å². The van der Waals surface area contributed by atoms with Gasteiger partial charge in [-0.15, -0.1) is 0 Å². The van der Waals surface area contributed by atoms with E-state index >= 15 is 0 Å². The van der Waals surface area contributed by atoms with Crippen LogP contribution in [-0.2, 0) is 4.74 Å². The Bertz CT molecular complexity index is 161. The lowest BCUT2D eigenvalue weighted by atomic mass is 10.0. The van der Waals surface area contributed by atoms with Crippen LogP contribution in [0.5, 0.6) is 0 Å². The fourth-order valence-corrected chi connectivity index (χ4v) is 1.04. The zero-order valence-corrected chi connectivity index (χ0v) is 8.69. The highest BCUT2D eigenvalue weighted by Gasteiger charge is 2.15. The molecule has 1 atom stereocenters. The summed E-state index contributed by atoms with van der Waals surface area (Å²) < 4.78 is 4.64. The van der Waals surface area contributed by atoms with Crippen molar-refractivity contribution in [2.24, 2.45) is 5.92 Å². The van der Waals surface area contributed by atoms with Crippen molar-refractivity contribution >= 4 is 6.09 Å².